The lowest BCUT2D eigenvalue weighted by atomic mass is 10.1. The van der Waals surface area contributed by atoms with Crippen LogP contribution < -0.4 is 21.1 Å². The highest BCUT2D eigenvalue weighted by atomic mass is 16.6. The molecule has 0 spiro atoms. The van der Waals surface area contributed by atoms with Gasteiger partial charge in [0.05, 0.1) is 24.9 Å². The first-order valence-electron chi connectivity index (χ1n) is 12.5. The fraction of sp³-hybridized carbons (Fsp3) is 0.357. The number of aromatic nitrogens is 1. The van der Waals surface area contributed by atoms with Gasteiger partial charge in [-0.1, -0.05) is 18.2 Å². The molecule has 1 aliphatic heterocycles. The Kier molecular flexibility index (Phi) is 9.18. The SMILES string of the molecule is Nc1cc(C(=O)NC(COCO)Cc2ccc(OCCCc3ccc4c(n3)NCCC4)cc2)ccc1O. The highest BCUT2D eigenvalue weighted by molar-refractivity contribution is 5.95. The van der Waals surface area contributed by atoms with Gasteiger partial charge in [0, 0.05) is 17.8 Å². The van der Waals surface area contributed by atoms with Gasteiger partial charge in [-0.2, -0.15) is 0 Å². The molecule has 37 heavy (non-hydrogen) atoms. The number of nitrogen functional groups attached to an aromatic ring is 1. The molecule has 3 aromatic rings. The number of hydrogen-bond acceptors (Lipinski definition) is 8. The molecule has 1 amide bonds. The third kappa shape index (κ3) is 7.58. The molecule has 1 atom stereocenters. The zero-order chi connectivity index (χ0) is 26.0. The second kappa shape index (κ2) is 12.9. The van der Waals surface area contributed by atoms with Crippen molar-refractivity contribution in [3.8, 4) is 11.5 Å². The minimum Gasteiger partial charge on any atom is -0.506 e. The van der Waals surface area contributed by atoms with Crippen LogP contribution in [0.1, 0.15) is 40.0 Å². The molecule has 1 aromatic heterocycles. The summed E-state index contributed by atoms with van der Waals surface area (Å²) in [7, 11) is 0. The van der Waals surface area contributed by atoms with Crippen LogP contribution in [0.15, 0.2) is 54.6 Å². The Morgan fingerprint density at radius 3 is 2.78 bits per heavy atom. The average Bonchev–Trinajstić information content (AvgIpc) is 2.92. The number of carbonyl (C=O) groups excluding carboxylic acids is 1. The lowest BCUT2D eigenvalue weighted by molar-refractivity contribution is -0.0105. The number of hydrogen-bond donors (Lipinski definition) is 5. The van der Waals surface area contributed by atoms with Crippen molar-refractivity contribution in [2.75, 3.05) is 37.6 Å². The van der Waals surface area contributed by atoms with Crippen molar-refractivity contribution >= 4 is 17.4 Å². The summed E-state index contributed by atoms with van der Waals surface area (Å²) < 4.78 is 11.1. The van der Waals surface area contributed by atoms with Gasteiger partial charge in [0.25, 0.3) is 5.91 Å². The van der Waals surface area contributed by atoms with E-state index in [9.17, 15) is 9.90 Å². The Balaban J connectivity index is 1.26. The summed E-state index contributed by atoms with van der Waals surface area (Å²) in [6.45, 7) is 1.27. The van der Waals surface area contributed by atoms with E-state index in [4.69, 9.17) is 25.3 Å². The van der Waals surface area contributed by atoms with Crippen LogP contribution in [0.2, 0.25) is 0 Å². The molecule has 0 saturated heterocycles. The number of phenolic OH excluding ortho intramolecular Hbond substituents is 1. The number of aliphatic hydroxyl groups excluding tert-OH is 1. The van der Waals surface area contributed by atoms with Crippen LogP contribution in [-0.4, -0.2) is 53.7 Å². The number of anilines is 2. The number of nitrogens with zero attached hydrogens (tertiary/aromatic N) is 1. The minimum atomic E-state index is -0.442. The van der Waals surface area contributed by atoms with Crippen LogP contribution in [0.3, 0.4) is 0 Å². The molecule has 0 bridgehead atoms. The monoisotopic (exact) mass is 506 g/mol. The minimum absolute atomic E-state index is 0.0772. The molecule has 6 N–H and O–H groups in total. The molecular weight excluding hydrogens is 472 g/mol. The maximum absolute atomic E-state index is 12.7. The Morgan fingerprint density at radius 1 is 1.16 bits per heavy atom. The van der Waals surface area contributed by atoms with Crippen LogP contribution in [0, 0.1) is 0 Å². The highest BCUT2D eigenvalue weighted by Crippen LogP contribution is 2.22. The van der Waals surface area contributed by atoms with Crippen molar-refractivity contribution < 1.29 is 24.5 Å². The number of phenols is 1. The molecule has 2 aromatic carbocycles. The maximum Gasteiger partial charge on any atom is 0.251 e. The lowest BCUT2D eigenvalue weighted by Crippen LogP contribution is -2.40. The number of nitrogens with one attached hydrogen (secondary N) is 2. The van der Waals surface area contributed by atoms with Gasteiger partial charge in [-0.15, -0.1) is 0 Å². The number of aryl methyl sites for hydroxylation is 2. The number of pyridine rings is 1. The molecule has 1 unspecified atom stereocenters. The highest BCUT2D eigenvalue weighted by Gasteiger charge is 2.16. The Bertz CT molecular complexity index is 1190. The van der Waals surface area contributed by atoms with Crippen molar-refractivity contribution in [3.63, 3.8) is 0 Å². The standard InChI is InChI=1S/C28H34N4O5/c29-25-16-21(8-12-26(25)34)28(35)32-23(17-36-18-33)15-19-5-10-24(11-6-19)37-14-2-4-22-9-7-20-3-1-13-30-27(20)31-22/h5-12,16,23,33-34H,1-4,13-15,17-18,29H2,(H,30,31)(H,32,35). The number of amides is 1. The van der Waals surface area contributed by atoms with E-state index in [0.717, 1.165) is 55.1 Å². The summed E-state index contributed by atoms with van der Waals surface area (Å²) >= 11 is 0. The molecule has 0 aliphatic carbocycles. The van der Waals surface area contributed by atoms with E-state index in [1.54, 1.807) is 0 Å². The number of rotatable bonds is 12. The molecule has 196 valence electrons. The quantitative estimate of drug-likeness (QED) is 0.109. The number of nitrogens with two attached hydrogens (primary N) is 1. The summed E-state index contributed by atoms with van der Waals surface area (Å²) in [6, 6.07) is 15.9. The molecule has 0 saturated carbocycles. The number of benzene rings is 2. The topological polar surface area (TPSA) is 139 Å². The zero-order valence-electron chi connectivity index (χ0n) is 20.8. The summed E-state index contributed by atoms with van der Waals surface area (Å²) in [5, 5.41) is 24.9. The van der Waals surface area contributed by atoms with Crippen molar-refractivity contribution in [2.24, 2.45) is 0 Å². The molecular formula is C28H34N4O5. The largest absolute Gasteiger partial charge is 0.506 e. The predicted octanol–water partition coefficient (Wildman–Crippen LogP) is 3.05. The van der Waals surface area contributed by atoms with Crippen LogP contribution in [-0.2, 0) is 24.0 Å². The van der Waals surface area contributed by atoms with Crippen molar-refractivity contribution in [1.29, 1.82) is 0 Å². The van der Waals surface area contributed by atoms with Gasteiger partial charge in [-0.05, 0) is 79.6 Å². The van der Waals surface area contributed by atoms with Gasteiger partial charge in [-0.25, -0.2) is 4.98 Å². The van der Waals surface area contributed by atoms with Crippen molar-refractivity contribution in [2.45, 2.75) is 38.1 Å². The van der Waals surface area contributed by atoms with Gasteiger partial charge in [-0.3, -0.25) is 4.79 Å². The van der Waals surface area contributed by atoms with Gasteiger partial charge in [0.1, 0.15) is 24.1 Å². The van der Waals surface area contributed by atoms with Gasteiger partial charge in [0.15, 0.2) is 0 Å². The van der Waals surface area contributed by atoms with E-state index in [1.807, 2.05) is 24.3 Å². The molecule has 1 aliphatic rings. The second-order valence-corrected chi connectivity index (χ2v) is 9.08. The number of carbonyl (C=O) groups is 1. The Morgan fingerprint density at radius 2 is 2.00 bits per heavy atom. The summed E-state index contributed by atoms with van der Waals surface area (Å²) in [5.41, 5.74) is 9.50. The molecule has 9 nitrogen and oxygen atoms in total. The normalized spacial score (nSPS) is 13.3. The fourth-order valence-electron chi connectivity index (χ4n) is 4.27. The zero-order valence-corrected chi connectivity index (χ0v) is 20.8. The van der Waals surface area contributed by atoms with Crippen LogP contribution in [0.25, 0.3) is 0 Å². The fourth-order valence-corrected chi connectivity index (χ4v) is 4.27. The molecule has 0 fully saturated rings. The third-order valence-corrected chi connectivity index (χ3v) is 6.24. The first-order valence-corrected chi connectivity index (χ1v) is 12.5. The van der Waals surface area contributed by atoms with E-state index in [0.29, 0.717) is 18.6 Å². The first-order chi connectivity index (χ1) is 18.0. The number of fused-ring (bicyclic) bond motifs is 1. The van der Waals surface area contributed by atoms with Crippen molar-refractivity contribution in [3.05, 3.63) is 77.0 Å². The van der Waals surface area contributed by atoms with E-state index in [1.165, 1.54) is 23.8 Å². The number of aromatic hydroxyl groups is 1. The van der Waals surface area contributed by atoms with E-state index >= 15 is 0 Å². The summed E-state index contributed by atoms with van der Waals surface area (Å²) in [6.07, 6.45) is 4.46. The van der Waals surface area contributed by atoms with Gasteiger partial charge < -0.3 is 36.1 Å². The van der Waals surface area contributed by atoms with Gasteiger partial charge in [0.2, 0.25) is 0 Å². The van der Waals surface area contributed by atoms with Crippen molar-refractivity contribution in [1.82, 2.24) is 10.3 Å². The molecule has 0 radical (unpaired) electrons. The van der Waals surface area contributed by atoms with E-state index < -0.39 is 6.79 Å². The smallest absolute Gasteiger partial charge is 0.251 e. The first kappa shape index (κ1) is 26.2. The maximum atomic E-state index is 12.7. The predicted molar refractivity (Wildman–Crippen MR) is 142 cm³/mol. The van der Waals surface area contributed by atoms with Gasteiger partial charge >= 0.3 is 0 Å². The van der Waals surface area contributed by atoms with Crippen LogP contribution in [0.4, 0.5) is 11.5 Å². The van der Waals surface area contributed by atoms with E-state index in [2.05, 4.69) is 22.8 Å². The third-order valence-electron chi connectivity index (χ3n) is 6.24. The second-order valence-electron chi connectivity index (χ2n) is 9.08. The van der Waals surface area contributed by atoms with Crippen LogP contribution in [0.5, 0.6) is 11.5 Å². The Hall–Kier alpha value is -3.82. The molecule has 4 rings (SSSR count). The number of ether oxygens (including phenoxy) is 2. The summed E-state index contributed by atoms with van der Waals surface area (Å²) in [5.74, 6) is 1.37. The number of aliphatic hydroxyl groups is 1. The lowest BCUT2D eigenvalue weighted by Gasteiger charge is -2.19. The van der Waals surface area contributed by atoms with Crippen LogP contribution >= 0.6 is 0 Å². The summed E-state index contributed by atoms with van der Waals surface area (Å²) in [4.78, 5) is 17.4. The molecule has 2 heterocycles. The van der Waals surface area contributed by atoms with E-state index in [-0.39, 0.29) is 30.0 Å². The molecule has 9 heteroatoms. The Labute approximate surface area is 216 Å². The average molecular weight is 507 g/mol.